The van der Waals surface area contributed by atoms with E-state index in [-0.39, 0.29) is 5.88 Å². The molecule has 1 unspecified atom stereocenters. The third kappa shape index (κ3) is 12.2. The molecule has 0 aliphatic rings. The highest BCUT2D eigenvalue weighted by Gasteiger charge is 2.02. The molecule has 12 heavy (non-hydrogen) atoms. The smallest absolute Gasteiger partial charge is 0.321 e. The van der Waals surface area contributed by atoms with Crippen LogP contribution in [0.2, 0.25) is 0 Å². The first kappa shape index (κ1) is 14.1. The van der Waals surface area contributed by atoms with E-state index in [4.69, 9.17) is 28.3 Å². The minimum absolute atomic E-state index is 0.0590. The molecule has 0 rings (SSSR count). The Morgan fingerprint density at radius 3 is 1.92 bits per heavy atom. The van der Waals surface area contributed by atoms with Gasteiger partial charge in [-0.1, -0.05) is 0 Å². The summed E-state index contributed by atoms with van der Waals surface area (Å²) in [5.41, 5.74) is 0. The van der Waals surface area contributed by atoms with Crippen LogP contribution in [0.1, 0.15) is 6.92 Å². The molecule has 72 valence electrons. The number of carboxylic acids is 1. The fourth-order valence-corrected chi connectivity index (χ4v) is 0.164. The lowest BCUT2D eigenvalue weighted by Gasteiger charge is -1.86. The van der Waals surface area contributed by atoms with Crippen molar-refractivity contribution in [2.24, 2.45) is 0 Å². The van der Waals surface area contributed by atoms with Gasteiger partial charge >= 0.3 is 11.9 Å². The van der Waals surface area contributed by atoms with Crippen molar-refractivity contribution in [1.82, 2.24) is 0 Å². The molecule has 0 bridgehead atoms. The van der Waals surface area contributed by atoms with Crippen molar-refractivity contribution in [2.75, 3.05) is 13.0 Å². The van der Waals surface area contributed by atoms with E-state index in [1.807, 2.05) is 0 Å². The van der Waals surface area contributed by atoms with E-state index in [9.17, 15) is 9.59 Å². The van der Waals surface area contributed by atoms with E-state index in [0.29, 0.717) is 0 Å². The first-order valence-corrected chi connectivity index (χ1v) is 3.92. The fraction of sp³-hybridized carbons (Fsp3) is 0.667. The average Bonchev–Trinajstić information content (AvgIpc) is 2.04. The standard InChI is InChI=1S/2C3H5ClO2/c1-6-3(5)2-4;1-2(4)3(5)6/h2H2,1H3;2H,1H3,(H,5,6). The van der Waals surface area contributed by atoms with Crippen molar-refractivity contribution < 1.29 is 19.4 Å². The summed E-state index contributed by atoms with van der Waals surface area (Å²) in [6.07, 6.45) is 0. The Balaban J connectivity index is 0. The molecule has 0 saturated heterocycles. The van der Waals surface area contributed by atoms with Crippen molar-refractivity contribution in [2.45, 2.75) is 12.3 Å². The van der Waals surface area contributed by atoms with E-state index >= 15 is 0 Å². The van der Waals surface area contributed by atoms with Crippen LogP contribution in [0.3, 0.4) is 0 Å². The molecule has 6 heteroatoms. The summed E-state index contributed by atoms with van der Waals surface area (Å²) >= 11 is 9.99. The maximum atomic E-state index is 9.83. The second-order valence-corrected chi connectivity index (χ2v) is 2.59. The normalized spacial score (nSPS) is 10.7. The maximum absolute atomic E-state index is 9.83. The fourth-order valence-electron chi connectivity index (χ4n) is 0.0546. The Morgan fingerprint density at radius 1 is 1.58 bits per heavy atom. The van der Waals surface area contributed by atoms with Crippen LogP contribution in [-0.2, 0) is 14.3 Å². The number of carbonyl (C=O) groups is 2. The van der Waals surface area contributed by atoms with Gasteiger partial charge in [0, 0.05) is 0 Å². The van der Waals surface area contributed by atoms with Crippen LogP contribution in [0.25, 0.3) is 0 Å². The first-order valence-electron chi connectivity index (χ1n) is 2.95. The SMILES string of the molecule is CC(Cl)C(=O)O.COC(=O)CCl. The van der Waals surface area contributed by atoms with Gasteiger partial charge in [-0.2, -0.15) is 0 Å². The Hall–Kier alpha value is -0.480. The molecule has 0 spiro atoms. The van der Waals surface area contributed by atoms with Gasteiger partial charge in [0.1, 0.15) is 11.3 Å². The van der Waals surface area contributed by atoms with Gasteiger partial charge in [0.2, 0.25) is 0 Å². The van der Waals surface area contributed by atoms with Crippen LogP contribution in [-0.4, -0.2) is 35.4 Å². The number of rotatable bonds is 2. The van der Waals surface area contributed by atoms with Crippen molar-refractivity contribution in [3.8, 4) is 0 Å². The molecule has 0 aromatic rings. The van der Waals surface area contributed by atoms with Crippen LogP contribution in [0.4, 0.5) is 0 Å². The molecule has 1 atom stereocenters. The Labute approximate surface area is 80.4 Å². The van der Waals surface area contributed by atoms with Gasteiger partial charge in [0.15, 0.2) is 0 Å². The van der Waals surface area contributed by atoms with Crippen LogP contribution >= 0.6 is 23.2 Å². The van der Waals surface area contributed by atoms with E-state index in [1.54, 1.807) is 0 Å². The van der Waals surface area contributed by atoms with E-state index in [0.717, 1.165) is 0 Å². The monoisotopic (exact) mass is 216 g/mol. The molecule has 1 N–H and O–H groups in total. The topological polar surface area (TPSA) is 63.6 Å². The molecule has 0 saturated carbocycles. The minimum Gasteiger partial charge on any atom is -0.480 e. The minimum atomic E-state index is -0.975. The second-order valence-electron chi connectivity index (χ2n) is 1.66. The van der Waals surface area contributed by atoms with Gasteiger partial charge in [-0.05, 0) is 6.92 Å². The number of carboxylic acid groups (broad SMARTS) is 1. The van der Waals surface area contributed by atoms with Gasteiger partial charge < -0.3 is 9.84 Å². The van der Waals surface area contributed by atoms with Gasteiger partial charge in [-0.15, -0.1) is 23.2 Å². The Bertz CT molecular complexity index is 138. The summed E-state index contributed by atoms with van der Waals surface area (Å²) < 4.78 is 4.13. The van der Waals surface area contributed by atoms with Gasteiger partial charge in [-0.3, -0.25) is 9.59 Å². The number of halogens is 2. The largest absolute Gasteiger partial charge is 0.480 e. The third-order valence-corrected chi connectivity index (χ3v) is 1.08. The summed E-state index contributed by atoms with van der Waals surface area (Å²) in [5, 5.41) is 7.10. The van der Waals surface area contributed by atoms with E-state index < -0.39 is 17.3 Å². The number of alkyl halides is 2. The summed E-state index contributed by atoms with van der Waals surface area (Å²) in [7, 11) is 1.30. The van der Waals surface area contributed by atoms with Crippen LogP contribution in [0.5, 0.6) is 0 Å². The molecular formula is C6H10Cl2O4. The van der Waals surface area contributed by atoms with Crippen LogP contribution < -0.4 is 0 Å². The number of carbonyl (C=O) groups excluding carboxylic acids is 1. The molecule has 0 fully saturated rings. The van der Waals surface area contributed by atoms with Crippen LogP contribution in [0, 0.1) is 0 Å². The Morgan fingerprint density at radius 2 is 1.92 bits per heavy atom. The summed E-state index contributed by atoms with van der Waals surface area (Å²) in [4.78, 5) is 19.4. The molecule has 0 aliphatic carbocycles. The molecule has 0 radical (unpaired) electrons. The van der Waals surface area contributed by atoms with Crippen molar-refractivity contribution in [1.29, 1.82) is 0 Å². The second kappa shape index (κ2) is 8.62. The quantitative estimate of drug-likeness (QED) is 0.555. The Kier molecular flexibility index (Phi) is 10.1. The number of ether oxygens (including phenoxy) is 1. The summed E-state index contributed by atoms with van der Waals surface area (Å²) in [5.74, 6) is -1.43. The summed E-state index contributed by atoms with van der Waals surface area (Å²) in [6, 6.07) is 0. The zero-order valence-corrected chi connectivity index (χ0v) is 8.22. The highest BCUT2D eigenvalue weighted by Crippen LogP contribution is 1.89. The summed E-state index contributed by atoms with van der Waals surface area (Å²) in [6.45, 7) is 1.41. The van der Waals surface area contributed by atoms with Gasteiger partial charge in [0.25, 0.3) is 0 Å². The van der Waals surface area contributed by atoms with E-state index in [2.05, 4.69) is 4.74 Å². The number of esters is 1. The molecule has 0 aromatic carbocycles. The highest BCUT2D eigenvalue weighted by atomic mass is 35.5. The highest BCUT2D eigenvalue weighted by molar-refractivity contribution is 6.29. The average molecular weight is 217 g/mol. The number of hydrogen-bond acceptors (Lipinski definition) is 3. The zero-order chi connectivity index (χ0) is 10.1. The lowest BCUT2D eigenvalue weighted by atomic mass is 10.5. The third-order valence-electron chi connectivity index (χ3n) is 0.677. The molecule has 0 aromatic heterocycles. The first-order chi connectivity index (χ1) is 5.45. The lowest BCUT2D eigenvalue weighted by molar-refractivity contribution is -0.138. The molecule has 4 nitrogen and oxygen atoms in total. The van der Waals surface area contributed by atoms with E-state index in [1.165, 1.54) is 14.0 Å². The van der Waals surface area contributed by atoms with Crippen molar-refractivity contribution in [3.63, 3.8) is 0 Å². The predicted molar refractivity (Wildman–Crippen MR) is 45.7 cm³/mol. The number of aliphatic carboxylic acids is 1. The van der Waals surface area contributed by atoms with Gasteiger partial charge in [0.05, 0.1) is 7.11 Å². The van der Waals surface area contributed by atoms with Crippen molar-refractivity contribution >= 4 is 35.1 Å². The van der Waals surface area contributed by atoms with Crippen molar-refractivity contribution in [3.05, 3.63) is 0 Å². The lowest BCUT2D eigenvalue weighted by Crippen LogP contribution is -2.06. The maximum Gasteiger partial charge on any atom is 0.321 e. The van der Waals surface area contributed by atoms with Crippen LogP contribution in [0.15, 0.2) is 0 Å². The molecule has 0 amide bonds. The number of hydrogen-bond donors (Lipinski definition) is 1. The molecule has 0 heterocycles. The predicted octanol–water partition coefficient (Wildman–Crippen LogP) is 1.10. The molecule has 0 aliphatic heterocycles. The van der Waals surface area contributed by atoms with Gasteiger partial charge in [-0.25, -0.2) is 0 Å². The molecular weight excluding hydrogens is 207 g/mol. The number of methoxy groups -OCH3 is 1. The zero-order valence-electron chi connectivity index (χ0n) is 6.71.